The first kappa shape index (κ1) is 53.6. The Hall–Kier alpha value is -3.38. The van der Waals surface area contributed by atoms with Crippen LogP contribution in [0.1, 0.15) is 142 Å². The number of rotatable bonds is 35. The topological polar surface area (TPSA) is 152 Å². The van der Waals surface area contributed by atoms with Crippen LogP contribution in [0.5, 0.6) is 0 Å². The van der Waals surface area contributed by atoms with Gasteiger partial charge in [-0.25, -0.2) is 0 Å². The first-order chi connectivity index (χ1) is 28.8. The maximum atomic E-state index is 12.7. The maximum Gasteiger partial charge on any atom is 0.310 e. The predicted octanol–water partition coefficient (Wildman–Crippen LogP) is 9.55. The van der Waals surface area contributed by atoms with Crippen molar-refractivity contribution in [3.8, 4) is 0 Å². The largest absolute Gasteiger partial charge is 0.462 e. The van der Waals surface area contributed by atoms with E-state index in [4.69, 9.17) is 18.9 Å². The zero-order valence-corrected chi connectivity index (χ0v) is 36.2. The molecule has 0 spiro atoms. The lowest BCUT2D eigenvalue weighted by atomic mass is 9.99. The van der Waals surface area contributed by atoms with E-state index in [1.807, 2.05) is 12.2 Å². The highest BCUT2D eigenvalue weighted by Gasteiger charge is 2.44. The van der Waals surface area contributed by atoms with Crippen LogP contribution in [0.2, 0.25) is 0 Å². The molecule has 6 atom stereocenters. The number of aliphatic hydroxyl groups excluding tert-OH is 4. The number of aliphatic hydroxyl groups is 4. The molecule has 1 rings (SSSR count). The number of unbranched alkanes of at least 4 members (excludes halogenated alkanes) is 9. The van der Waals surface area contributed by atoms with Crippen LogP contribution in [0.15, 0.2) is 97.2 Å². The minimum Gasteiger partial charge on any atom is -0.462 e. The second kappa shape index (κ2) is 38.8. The summed E-state index contributed by atoms with van der Waals surface area (Å²) in [4.78, 5) is 25.3. The standard InChI is InChI=1S/C49H78O10/c1-3-5-7-9-11-13-15-17-19-20-21-22-24-25-27-29-31-33-35-37-44(51)56-40-42(41-57-49-48(55)47(54)46(53)43(39-50)59-49)58-45(52)38-36-34-32-30-28-26-23-18-16-14-12-10-8-6-4-2/h6,8,11-14,17-19,21-23,28,30,34,36,42-43,46-50,53-55H,3-5,7,9-10,15-16,20,24-27,29,31-33,35,37-41H2,1-2H3/b8-6-,13-11-,14-12-,19-17-,22-21-,23-18-,30-28-,36-34-. The molecule has 1 aliphatic heterocycles. The van der Waals surface area contributed by atoms with Crippen LogP contribution in [-0.4, -0.2) is 89.0 Å². The van der Waals surface area contributed by atoms with Gasteiger partial charge in [-0.1, -0.05) is 150 Å². The molecule has 0 aromatic rings. The van der Waals surface area contributed by atoms with E-state index in [2.05, 4.69) is 92.8 Å². The molecular weight excluding hydrogens is 749 g/mol. The smallest absolute Gasteiger partial charge is 0.310 e. The first-order valence-corrected chi connectivity index (χ1v) is 22.3. The fourth-order valence-corrected chi connectivity index (χ4v) is 5.97. The number of ether oxygens (including phenoxy) is 4. The van der Waals surface area contributed by atoms with Gasteiger partial charge in [-0.05, 0) is 77.0 Å². The Morgan fingerprint density at radius 1 is 0.559 bits per heavy atom. The van der Waals surface area contributed by atoms with Crippen LogP contribution < -0.4 is 0 Å². The van der Waals surface area contributed by atoms with Gasteiger partial charge in [-0.15, -0.1) is 0 Å². The molecule has 0 aromatic heterocycles. The van der Waals surface area contributed by atoms with Gasteiger partial charge >= 0.3 is 11.9 Å². The van der Waals surface area contributed by atoms with E-state index in [1.165, 1.54) is 25.7 Å². The van der Waals surface area contributed by atoms with Crippen molar-refractivity contribution in [1.82, 2.24) is 0 Å². The third kappa shape index (κ3) is 30.3. The molecular formula is C49H78O10. The molecule has 1 aliphatic rings. The molecule has 334 valence electrons. The Kier molecular flexibility index (Phi) is 35.3. The Morgan fingerprint density at radius 2 is 1.05 bits per heavy atom. The Bertz CT molecular complexity index is 1280. The predicted molar refractivity (Wildman–Crippen MR) is 237 cm³/mol. The van der Waals surface area contributed by atoms with E-state index in [9.17, 15) is 30.0 Å². The van der Waals surface area contributed by atoms with Gasteiger partial charge in [0, 0.05) is 6.42 Å². The lowest BCUT2D eigenvalue weighted by Gasteiger charge is -2.39. The third-order valence-corrected chi connectivity index (χ3v) is 9.49. The van der Waals surface area contributed by atoms with Crippen LogP contribution in [-0.2, 0) is 28.5 Å². The van der Waals surface area contributed by atoms with E-state index in [0.717, 1.165) is 77.0 Å². The summed E-state index contributed by atoms with van der Waals surface area (Å²) in [7, 11) is 0. The summed E-state index contributed by atoms with van der Waals surface area (Å²) >= 11 is 0. The minimum absolute atomic E-state index is 0.0109. The Labute approximate surface area is 356 Å². The quantitative estimate of drug-likeness (QED) is 0.0276. The molecule has 4 N–H and O–H groups in total. The molecule has 6 unspecified atom stereocenters. The molecule has 0 aliphatic carbocycles. The van der Waals surface area contributed by atoms with Gasteiger partial charge in [0.05, 0.1) is 19.6 Å². The van der Waals surface area contributed by atoms with Crippen molar-refractivity contribution < 1.29 is 49.0 Å². The van der Waals surface area contributed by atoms with Crippen LogP contribution in [0.4, 0.5) is 0 Å². The van der Waals surface area contributed by atoms with Crippen molar-refractivity contribution >= 4 is 11.9 Å². The summed E-state index contributed by atoms with van der Waals surface area (Å²) in [6.45, 7) is 3.14. The first-order valence-electron chi connectivity index (χ1n) is 22.3. The average Bonchev–Trinajstić information content (AvgIpc) is 3.23. The zero-order chi connectivity index (χ0) is 43.0. The number of allylic oxidation sites excluding steroid dienone is 15. The molecule has 0 amide bonds. The maximum absolute atomic E-state index is 12.7. The number of hydrogen-bond acceptors (Lipinski definition) is 10. The number of hydrogen-bond donors (Lipinski definition) is 4. The summed E-state index contributed by atoms with van der Waals surface area (Å²) in [5.74, 6) is -0.979. The van der Waals surface area contributed by atoms with Crippen LogP contribution in [0.3, 0.4) is 0 Å². The summed E-state index contributed by atoms with van der Waals surface area (Å²) in [5, 5.41) is 40.0. The SMILES string of the molecule is CC/C=C\C/C=C\C/C=C\C/C=C\C/C=C\CC(=O)OC(COC(=O)CCCCCCCC/C=C\C/C=C\C/C=C\CCCCC)COC1OC(CO)C(O)C(O)C1O. The normalized spacial score (nSPS) is 20.9. The van der Waals surface area contributed by atoms with Crippen LogP contribution in [0, 0.1) is 0 Å². The molecule has 1 saturated heterocycles. The van der Waals surface area contributed by atoms with Crippen molar-refractivity contribution in [2.75, 3.05) is 19.8 Å². The lowest BCUT2D eigenvalue weighted by Crippen LogP contribution is -2.59. The van der Waals surface area contributed by atoms with Crippen molar-refractivity contribution in [3.63, 3.8) is 0 Å². The highest BCUT2D eigenvalue weighted by molar-refractivity contribution is 5.71. The van der Waals surface area contributed by atoms with Gasteiger partial charge in [0.1, 0.15) is 31.0 Å². The minimum atomic E-state index is -1.62. The van der Waals surface area contributed by atoms with Gasteiger partial charge in [-0.3, -0.25) is 9.59 Å². The van der Waals surface area contributed by atoms with Crippen molar-refractivity contribution in [1.29, 1.82) is 0 Å². The van der Waals surface area contributed by atoms with E-state index < -0.39 is 55.4 Å². The molecule has 0 bridgehead atoms. The van der Waals surface area contributed by atoms with Crippen molar-refractivity contribution in [2.24, 2.45) is 0 Å². The summed E-state index contributed by atoms with van der Waals surface area (Å²) in [5.41, 5.74) is 0. The second-order valence-corrected chi connectivity index (χ2v) is 14.8. The Balaban J connectivity index is 2.40. The van der Waals surface area contributed by atoms with E-state index in [0.29, 0.717) is 12.8 Å². The van der Waals surface area contributed by atoms with E-state index >= 15 is 0 Å². The lowest BCUT2D eigenvalue weighted by molar-refractivity contribution is -0.305. The Morgan fingerprint density at radius 3 is 1.59 bits per heavy atom. The van der Waals surface area contributed by atoms with Gasteiger partial charge in [0.2, 0.25) is 0 Å². The van der Waals surface area contributed by atoms with Gasteiger partial charge in [0.15, 0.2) is 12.4 Å². The summed E-state index contributed by atoms with van der Waals surface area (Å²) in [6.07, 6.45) is 44.4. The molecule has 59 heavy (non-hydrogen) atoms. The van der Waals surface area contributed by atoms with E-state index in [1.54, 1.807) is 6.08 Å². The van der Waals surface area contributed by atoms with Crippen LogP contribution >= 0.6 is 0 Å². The van der Waals surface area contributed by atoms with Gasteiger partial charge in [0.25, 0.3) is 0 Å². The number of carbonyl (C=O) groups is 2. The molecule has 10 nitrogen and oxygen atoms in total. The van der Waals surface area contributed by atoms with Gasteiger partial charge in [-0.2, -0.15) is 0 Å². The van der Waals surface area contributed by atoms with Gasteiger partial charge < -0.3 is 39.4 Å². The van der Waals surface area contributed by atoms with E-state index in [-0.39, 0.29) is 26.1 Å². The molecule has 0 aromatic carbocycles. The highest BCUT2D eigenvalue weighted by Crippen LogP contribution is 2.22. The fourth-order valence-electron chi connectivity index (χ4n) is 5.97. The highest BCUT2D eigenvalue weighted by atomic mass is 16.7. The molecule has 0 saturated carbocycles. The second-order valence-electron chi connectivity index (χ2n) is 14.8. The average molecular weight is 827 g/mol. The van der Waals surface area contributed by atoms with Crippen molar-refractivity contribution in [2.45, 2.75) is 179 Å². The third-order valence-electron chi connectivity index (χ3n) is 9.49. The molecule has 1 fully saturated rings. The molecule has 10 heteroatoms. The van der Waals surface area contributed by atoms with Crippen LogP contribution in [0.25, 0.3) is 0 Å². The summed E-state index contributed by atoms with van der Waals surface area (Å²) in [6, 6.07) is 0. The molecule has 1 heterocycles. The van der Waals surface area contributed by atoms with Crippen molar-refractivity contribution in [3.05, 3.63) is 97.2 Å². The monoisotopic (exact) mass is 827 g/mol. The number of carbonyl (C=O) groups excluding carboxylic acids is 2. The molecule has 0 radical (unpaired) electrons. The zero-order valence-electron chi connectivity index (χ0n) is 36.2. The number of esters is 2. The summed E-state index contributed by atoms with van der Waals surface area (Å²) < 4.78 is 22.0. The fraction of sp³-hybridized carbons (Fsp3) is 0.633.